The first-order valence-electron chi connectivity index (χ1n) is 11.6. The maximum absolute atomic E-state index is 13.2. The quantitative estimate of drug-likeness (QED) is 0.532. The molecule has 8 nitrogen and oxygen atoms in total. The number of amides is 2. The highest BCUT2D eigenvalue weighted by molar-refractivity contribution is 5.89. The summed E-state index contributed by atoms with van der Waals surface area (Å²) >= 11 is 0. The van der Waals surface area contributed by atoms with E-state index in [-0.39, 0.29) is 18.1 Å². The van der Waals surface area contributed by atoms with Gasteiger partial charge >= 0.3 is 6.03 Å². The number of hydrogen-bond acceptors (Lipinski definition) is 5. The first kappa shape index (κ1) is 23.8. The number of rotatable bonds is 8. The molecule has 2 N–H and O–H groups in total. The molecule has 2 aromatic carbocycles. The molecule has 1 fully saturated rings. The van der Waals surface area contributed by atoms with Gasteiger partial charge in [-0.1, -0.05) is 18.2 Å². The standard InChI is InChI=1S/C26H32N4O4/c1-19-5-3-6-20-17-21(25(31)28-24(19)20)18-30(12-4-11-29-13-15-34-16-14-29)26(32)27-22-7-9-23(33-2)10-8-22/h3,5-10,17H,4,11-16,18H2,1-2H3,(H,27,32)(H,28,31). The number of hydrogen-bond donors (Lipinski definition) is 2. The highest BCUT2D eigenvalue weighted by atomic mass is 16.5. The maximum Gasteiger partial charge on any atom is 0.322 e. The van der Waals surface area contributed by atoms with Gasteiger partial charge in [-0.15, -0.1) is 0 Å². The largest absolute Gasteiger partial charge is 0.497 e. The average molecular weight is 465 g/mol. The van der Waals surface area contributed by atoms with Crippen molar-refractivity contribution < 1.29 is 14.3 Å². The maximum atomic E-state index is 13.2. The van der Waals surface area contributed by atoms with Gasteiger partial charge in [0.2, 0.25) is 0 Å². The van der Waals surface area contributed by atoms with Crippen LogP contribution in [0.25, 0.3) is 10.9 Å². The number of anilines is 1. The molecule has 1 aromatic heterocycles. The Labute approximate surface area is 199 Å². The van der Waals surface area contributed by atoms with Gasteiger partial charge in [-0.05, 0) is 54.6 Å². The normalized spacial score (nSPS) is 14.2. The van der Waals surface area contributed by atoms with Crippen LogP contribution in [-0.2, 0) is 11.3 Å². The van der Waals surface area contributed by atoms with E-state index in [0.717, 1.165) is 61.5 Å². The van der Waals surface area contributed by atoms with E-state index >= 15 is 0 Å². The number of nitrogens with one attached hydrogen (secondary N) is 2. The van der Waals surface area contributed by atoms with E-state index in [1.807, 2.05) is 31.2 Å². The summed E-state index contributed by atoms with van der Waals surface area (Å²) in [4.78, 5) is 33.1. The number of aromatic nitrogens is 1. The van der Waals surface area contributed by atoms with Crippen molar-refractivity contribution in [1.82, 2.24) is 14.8 Å². The number of para-hydroxylation sites is 1. The molecule has 1 saturated heterocycles. The second kappa shape index (κ2) is 11.2. The Bertz CT molecular complexity index is 1170. The topological polar surface area (TPSA) is 86.9 Å². The van der Waals surface area contributed by atoms with Crippen molar-refractivity contribution in [3.8, 4) is 5.75 Å². The first-order valence-corrected chi connectivity index (χ1v) is 11.6. The predicted octanol–water partition coefficient (Wildman–Crippen LogP) is 3.60. The van der Waals surface area contributed by atoms with Crippen LogP contribution in [0.1, 0.15) is 17.5 Å². The van der Waals surface area contributed by atoms with Crippen molar-refractivity contribution in [3.05, 3.63) is 70.0 Å². The summed E-state index contributed by atoms with van der Waals surface area (Å²) in [5.41, 5.74) is 2.91. The Balaban J connectivity index is 1.51. The molecule has 0 unspecified atom stereocenters. The number of carbonyl (C=O) groups is 1. The SMILES string of the molecule is COc1ccc(NC(=O)N(CCCN2CCOCC2)Cc2cc3cccc(C)c3[nH]c2=O)cc1. The summed E-state index contributed by atoms with van der Waals surface area (Å²) < 4.78 is 10.6. The van der Waals surface area contributed by atoms with Gasteiger partial charge in [0.05, 0.1) is 32.4 Å². The van der Waals surface area contributed by atoms with Crippen molar-refractivity contribution in [2.45, 2.75) is 19.9 Å². The molecule has 0 bridgehead atoms. The van der Waals surface area contributed by atoms with Gasteiger partial charge in [0.15, 0.2) is 0 Å². The molecule has 2 amide bonds. The molecular formula is C26H32N4O4. The summed E-state index contributed by atoms with van der Waals surface area (Å²) in [5.74, 6) is 0.721. The number of nitrogens with zero attached hydrogens (tertiary/aromatic N) is 2. The van der Waals surface area contributed by atoms with E-state index in [1.54, 1.807) is 36.3 Å². The number of carbonyl (C=O) groups excluding carboxylic acids is 1. The lowest BCUT2D eigenvalue weighted by atomic mass is 10.1. The number of morpholine rings is 1. The smallest absolute Gasteiger partial charge is 0.322 e. The van der Waals surface area contributed by atoms with Gasteiger partial charge in [-0.3, -0.25) is 9.69 Å². The van der Waals surface area contributed by atoms with Crippen LogP contribution in [0.4, 0.5) is 10.5 Å². The Morgan fingerprint density at radius 3 is 2.68 bits per heavy atom. The molecule has 0 saturated carbocycles. The fraction of sp³-hybridized carbons (Fsp3) is 0.385. The lowest BCUT2D eigenvalue weighted by Crippen LogP contribution is -2.40. The van der Waals surface area contributed by atoms with Crippen LogP contribution in [0.15, 0.2) is 53.3 Å². The number of benzene rings is 2. The molecule has 2 heterocycles. The fourth-order valence-electron chi connectivity index (χ4n) is 4.19. The second-order valence-electron chi connectivity index (χ2n) is 8.55. The van der Waals surface area contributed by atoms with Crippen molar-refractivity contribution in [3.63, 3.8) is 0 Å². The third-order valence-electron chi connectivity index (χ3n) is 6.16. The fourth-order valence-corrected chi connectivity index (χ4v) is 4.19. The van der Waals surface area contributed by atoms with Crippen molar-refractivity contribution in [1.29, 1.82) is 0 Å². The number of pyridine rings is 1. The molecule has 34 heavy (non-hydrogen) atoms. The summed E-state index contributed by atoms with van der Waals surface area (Å²) in [6, 6.07) is 14.8. The van der Waals surface area contributed by atoms with Crippen LogP contribution in [0.3, 0.4) is 0 Å². The first-order chi connectivity index (χ1) is 16.5. The molecule has 0 radical (unpaired) electrons. The van der Waals surface area contributed by atoms with Gasteiger partial charge in [-0.25, -0.2) is 4.79 Å². The molecule has 4 rings (SSSR count). The third kappa shape index (κ3) is 5.95. The Kier molecular flexibility index (Phi) is 7.82. The zero-order valence-corrected chi connectivity index (χ0v) is 19.8. The van der Waals surface area contributed by atoms with Gasteiger partial charge < -0.3 is 24.7 Å². The lowest BCUT2D eigenvalue weighted by molar-refractivity contribution is 0.0365. The number of fused-ring (bicyclic) bond motifs is 1. The summed E-state index contributed by atoms with van der Waals surface area (Å²) in [5, 5.41) is 3.91. The van der Waals surface area contributed by atoms with Crippen LogP contribution in [0.5, 0.6) is 5.75 Å². The Hall–Kier alpha value is -3.36. The van der Waals surface area contributed by atoms with Crippen molar-refractivity contribution in [2.24, 2.45) is 0 Å². The molecule has 1 aliphatic heterocycles. The molecule has 0 spiro atoms. The number of ether oxygens (including phenoxy) is 2. The van der Waals surface area contributed by atoms with Gasteiger partial charge in [-0.2, -0.15) is 0 Å². The Morgan fingerprint density at radius 1 is 1.18 bits per heavy atom. The predicted molar refractivity (Wildman–Crippen MR) is 134 cm³/mol. The van der Waals surface area contributed by atoms with E-state index in [1.165, 1.54) is 0 Å². The van der Waals surface area contributed by atoms with Gasteiger partial charge in [0.1, 0.15) is 5.75 Å². The molecular weight excluding hydrogens is 432 g/mol. The van der Waals surface area contributed by atoms with Gasteiger partial charge in [0.25, 0.3) is 5.56 Å². The number of aromatic amines is 1. The zero-order chi connectivity index (χ0) is 23.9. The van der Waals surface area contributed by atoms with E-state index in [2.05, 4.69) is 15.2 Å². The molecule has 0 aliphatic carbocycles. The van der Waals surface area contributed by atoms with Crippen LogP contribution < -0.4 is 15.6 Å². The summed E-state index contributed by atoms with van der Waals surface area (Å²) in [6.07, 6.45) is 0.806. The number of aryl methyl sites for hydroxylation is 1. The van der Waals surface area contributed by atoms with Gasteiger partial charge in [0, 0.05) is 37.4 Å². The second-order valence-corrected chi connectivity index (χ2v) is 8.55. The summed E-state index contributed by atoms with van der Waals surface area (Å²) in [6.45, 7) is 6.90. The van der Waals surface area contributed by atoms with Crippen LogP contribution >= 0.6 is 0 Å². The number of H-pyrrole nitrogens is 1. The molecule has 1 aliphatic rings. The van der Waals surface area contributed by atoms with Crippen molar-refractivity contribution in [2.75, 3.05) is 51.8 Å². The van der Waals surface area contributed by atoms with E-state index < -0.39 is 0 Å². The monoisotopic (exact) mass is 464 g/mol. The van der Waals surface area contributed by atoms with Crippen molar-refractivity contribution >= 4 is 22.6 Å². The minimum atomic E-state index is -0.240. The highest BCUT2D eigenvalue weighted by Crippen LogP contribution is 2.18. The van der Waals surface area contributed by atoms with E-state index in [9.17, 15) is 9.59 Å². The lowest BCUT2D eigenvalue weighted by Gasteiger charge is -2.28. The van der Waals surface area contributed by atoms with Crippen LogP contribution in [-0.4, -0.2) is 67.3 Å². The molecule has 0 atom stereocenters. The molecule has 3 aromatic rings. The summed E-state index contributed by atoms with van der Waals surface area (Å²) in [7, 11) is 1.60. The Morgan fingerprint density at radius 2 is 1.94 bits per heavy atom. The average Bonchev–Trinajstić information content (AvgIpc) is 2.85. The number of methoxy groups -OCH3 is 1. The van der Waals surface area contributed by atoms with Crippen LogP contribution in [0.2, 0.25) is 0 Å². The minimum Gasteiger partial charge on any atom is -0.497 e. The van der Waals surface area contributed by atoms with Crippen LogP contribution in [0, 0.1) is 6.92 Å². The highest BCUT2D eigenvalue weighted by Gasteiger charge is 2.18. The van der Waals surface area contributed by atoms with E-state index in [0.29, 0.717) is 17.8 Å². The molecule has 180 valence electrons. The zero-order valence-electron chi connectivity index (χ0n) is 19.8. The van der Waals surface area contributed by atoms with E-state index in [4.69, 9.17) is 9.47 Å². The minimum absolute atomic E-state index is 0.169. The third-order valence-corrected chi connectivity index (χ3v) is 6.16. The molecule has 8 heteroatoms. The number of urea groups is 1.